The van der Waals surface area contributed by atoms with E-state index in [0.717, 1.165) is 12.1 Å². The number of aromatic nitrogens is 2. The van der Waals surface area contributed by atoms with Gasteiger partial charge in [-0.05, 0) is 30.7 Å². The topological polar surface area (TPSA) is 72.9 Å². The second-order valence-electron chi connectivity index (χ2n) is 4.19. The van der Waals surface area contributed by atoms with Gasteiger partial charge in [-0.2, -0.15) is 5.10 Å². The first-order chi connectivity index (χ1) is 9.01. The summed E-state index contributed by atoms with van der Waals surface area (Å²) in [5, 5.41) is 6.79. The van der Waals surface area contributed by atoms with Gasteiger partial charge >= 0.3 is 0 Å². The highest BCUT2D eigenvalue weighted by atomic mass is 19.1. The molecule has 2 rings (SSSR count). The van der Waals surface area contributed by atoms with Crippen LogP contribution in [0.4, 0.5) is 15.8 Å². The van der Waals surface area contributed by atoms with Gasteiger partial charge in [-0.3, -0.25) is 9.48 Å². The molecule has 1 aromatic carbocycles. The zero-order valence-corrected chi connectivity index (χ0v) is 10.8. The van der Waals surface area contributed by atoms with Gasteiger partial charge in [0.25, 0.3) is 5.91 Å². The van der Waals surface area contributed by atoms with E-state index >= 15 is 0 Å². The van der Waals surface area contributed by atoms with Gasteiger partial charge in [0.15, 0.2) is 0 Å². The van der Waals surface area contributed by atoms with E-state index in [-0.39, 0.29) is 11.6 Å². The number of carbonyl (C=O) groups excluding carboxylic acids is 1. The summed E-state index contributed by atoms with van der Waals surface area (Å²) in [6.45, 7) is 1.96. The van der Waals surface area contributed by atoms with Crippen molar-refractivity contribution in [3.8, 4) is 0 Å². The third-order valence-corrected chi connectivity index (χ3v) is 2.78. The molecule has 0 aliphatic heterocycles. The Labute approximate surface area is 110 Å². The van der Waals surface area contributed by atoms with Gasteiger partial charge < -0.3 is 11.1 Å². The van der Waals surface area contributed by atoms with Crippen LogP contribution in [0, 0.1) is 5.82 Å². The molecule has 0 saturated heterocycles. The Balaban J connectivity index is 2.20. The molecule has 0 fully saturated rings. The molecule has 0 saturated carbocycles. The zero-order chi connectivity index (χ0) is 14.0. The average Bonchev–Trinajstić information content (AvgIpc) is 2.75. The number of hydrogen-bond acceptors (Lipinski definition) is 3. The summed E-state index contributed by atoms with van der Waals surface area (Å²) >= 11 is 0. The maximum atomic E-state index is 13.3. The van der Waals surface area contributed by atoms with Crippen molar-refractivity contribution in [1.29, 1.82) is 0 Å². The molecule has 0 radical (unpaired) electrons. The van der Waals surface area contributed by atoms with E-state index in [4.69, 9.17) is 5.73 Å². The Morgan fingerprint density at radius 2 is 2.21 bits per heavy atom. The van der Waals surface area contributed by atoms with Crippen molar-refractivity contribution >= 4 is 17.3 Å². The van der Waals surface area contributed by atoms with Crippen LogP contribution >= 0.6 is 0 Å². The highest BCUT2D eigenvalue weighted by Gasteiger charge is 2.13. The molecule has 1 aromatic heterocycles. The fourth-order valence-corrected chi connectivity index (χ4v) is 1.71. The number of nitrogens with one attached hydrogen (secondary N) is 1. The first-order valence-electron chi connectivity index (χ1n) is 5.90. The predicted octanol–water partition coefficient (Wildman–Crippen LogP) is 1.96. The summed E-state index contributed by atoms with van der Waals surface area (Å²) in [6, 6.07) is 5.85. The van der Waals surface area contributed by atoms with E-state index in [1.807, 2.05) is 6.92 Å². The normalized spacial score (nSPS) is 10.5. The summed E-state index contributed by atoms with van der Waals surface area (Å²) in [5.74, 6) is -0.893. The number of nitrogen functional groups attached to an aromatic ring is 1. The molecule has 3 N–H and O–H groups in total. The highest BCUT2D eigenvalue weighted by molar-refractivity contribution is 6.03. The molecule has 100 valence electrons. The molecule has 0 unspecified atom stereocenters. The third kappa shape index (κ3) is 2.73. The molecule has 2 aromatic rings. The monoisotopic (exact) mass is 262 g/mol. The lowest BCUT2D eigenvalue weighted by atomic mass is 10.2. The van der Waals surface area contributed by atoms with Gasteiger partial charge in [-0.25, -0.2) is 4.39 Å². The van der Waals surface area contributed by atoms with Crippen LogP contribution in [-0.2, 0) is 13.5 Å². The fraction of sp³-hybridized carbons (Fsp3) is 0.231. The summed E-state index contributed by atoms with van der Waals surface area (Å²) < 4.78 is 14.8. The lowest BCUT2D eigenvalue weighted by molar-refractivity contribution is 0.101. The van der Waals surface area contributed by atoms with Gasteiger partial charge in [-0.15, -0.1) is 0 Å². The largest absolute Gasteiger partial charge is 0.396 e. The smallest absolute Gasteiger partial charge is 0.273 e. The lowest BCUT2D eigenvalue weighted by Crippen LogP contribution is -2.16. The minimum absolute atomic E-state index is 0.0480. The number of amides is 1. The Hall–Kier alpha value is -2.37. The number of nitrogens with two attached hydrogens (primary N) is 1. The Morgan fingerprint density at radius 3 is 2.79 bits per heavy atom. The van der Waals surface area contributed by atoms with Crippen LogP contribution in [0.2, 0.25) is 0 Å². The third-order valence-electron chi connectivity index (χ3n) is 2.78. The van der Waals surface area contributed by atoms with E-state index in [2.05, 4.69) is 10.4 Å². The van der Waals surface area contributed by atoms with Crippen LogP contribution in [0.5, 0.6) is 0 Å². The first-order valence-corrected chi connectivity index (χ1v) is 5.90. The molecule has 0 aliphatic carbocycles. The summed E-state index contributed by atoms with van der Waals surface area (Å²) in [5.41, 5.74) is 7.03. The Bertz CT molecular complexity index is 621. The van der Waals surface area contributed by atoms with E-state index in [9.17, 15) is 9.18 Å². The molecule has 0 aliphatic rings. The molecule has 1 heterocycles. The van der Waals surface area contributed by atoms with Crippen molar-refractivity contribution in [3.05, 3.63) is 41.5 Å². The van der Waals surface area contributed by atoms with Crippen molar-refractivity contribution in [2.75, 3.05) is 11.1 Å². The summed E-state index contributed by atoms with van der Waals surface area (Å²) in [4.78, 5) is 12.0. The second kappa shape index (κ2) is 5.09. The minimum atomic E-state index is -0.558. The molecular weight excluding hydrogens is 247 g/mol. The van der Waals surface area contributed by atoms with E-state index in [1.165, 1.54) is 16.8 Å². The van der Waals surface area contributed by atoms with E-state index in [0.29, 0.717) is 11.4 Å². The molecule has 0 atom stereocenters. The minimum Gasteiger partial charge on any atom is -0.396 e. The maximum absolute atomic E-state index is 13.3. The molecule has 19 heavy (non-hydrogen) atoms. The van der Waals surface area contributed by atoms with Crippen LogP contribution in [0.15, 0.2) is 24.3 Å². The number of aryl methyl sites for hydroxylation is 2. The van der Waals surface area contributed by atoms with Gasteiger partial charge in [0.05, 0.1) is 11.4 Å². The fourth-order valence-electron chi connectivity index (χ4n) is 1.71. The zero-order valence-electron chi connectivity index (χ0n) is 10.8. The number of carbonyl (C=O) groups is 1. The summed E-state index contributed by atoms with van der Waals surface area (Å²) in [7, 11) is 1.69. The van der Waals surface area contributed by atoms with Gasteiger partial charge in [0, 0.05) is 12.7 Å². The number of benzene rings is 1. The van der Waals surface area contributed by atoms with Crippen LogP contribution in [0.1, 0.15) is 23.1 Å². The van der Waals surface area contributed by atoms with Gasteiger partial charge in [0.2, 0.25) is 0 Å². The second-order valence-corrected chi connectivity index (χ2v) is 4.19. The van der Waals surface area contributed by atoms with E-state index in [1.54, 1.807) is 19.2 Å². The predicted molar refractivity (Wildman–Crippen MR) is 71.4 cm³/mol. The summed E-state index contributed by atoms with van der Waals surface area (Å²) in [6.07, 6.45) is 0.748. The van der Waals surface area contributed by atoms with Gasteiger partial charge in [-0.1, -0.05) is 6.92 Å². The van der Waals surface area contributed by atoms with Crippen molar-refractivity contribution < 1.29 is 9.18 Å². The Morgan fingerprint density at radius 1 is 1.47 bits per heavy atom. The molecule has 1 amide bonds. The number of anilines is 2. The van der Waals surface area contributed by atoms with Crippen molar-refractivity contribution in [1.82, 2.24) is 9.78 Å². The standard InChI is InChI=1S/C13H15FN4O/c1-3-8-7-12(18(2)17-8)13(19)16-9-4-5-11(15)10(14)6-9/h4-7H,3,15H2,1-2H3,(H,16,19). The highest BCUT2D eigenvalue weighted by Crippen LogP contribution is 2.17. The number of hydrogen-bond donors (Lipinski definition) is 2. The number of rotatable bonds is 3. The van der Waals surface area contributed by atoms with Crippen LogP contribution in [-0.4, -0.2) is 15.7 Å². The van der Waals surface area contributed by atoms with Crippen molar-refractivity contribution in [2.45, 2.75) is 13.3 Å². The van der Waals surface area contributed by atoms with Gasteiger partial charge in [0.1, 0.15) is 11.5 Å². The lowest BCUT2D eigenvalue weighted by Gasteiger charge is -2.06. The SMILES string of the molecule is CCc1cc(C(=O)Nc2ccc(N)c(F)c2)n(C)n1. The first kappa shape index (κ1) is 13.1. The molecule has 5 nitrogen and oxygen atoms in total. The van der Waals surface area contributed by atoms with Crippen LogP contribution < -0.4 is 11.1 Å². The maximum Gasteiger partial charge on any atom is 0.273 e. The van der Waals surface area contributed by atoms with Crippen LogP contribution in [0.3, 0.4) is 0 Å². The number of nitrogens with zero attached hydrogens (tertiary/aromatic N) is 2. The molecule has 6 heteroatoms. The molecule has 0 bridgehead atoms. The van der Waals surface area contributed by atoms with Crippen LogP contribution in [0.25, 0.3) is 0 Å². The quantitative estimate of drug-likeness (QED) is 0.830. The number of halogens is 1. The van der Waals surface area contributed by atoms with Crippen molar-refractivity contribution in [2.24, 2.45) is 7.05 Å². The van der Waals surface area contributed by atoms with E-state index < -0.39 is 5.82 Å². The molecular formula is C13H15FN4O. The Kier molecular flexibility index (Phi) is 3.50. The molecule has 0 spiro atoms. The average molecular weight is 262 g/mol. The van der Waals surface area contributed by atoms with Crippen molar-refractivity contribution in [3.63, 3.8) is 0 Å².